The zero-order valence-electron chi connectivity index (χ0n) is 13.8. The summed E-state index contributed by atoms with van der Waals surface area (Å²) in [7, 11) is 3.20. The van der Waals surface area contributed by atoms with E-state index in [0.717, 1.165) is 35.5 Å². The van der Waals surface area contributed by atoms with Gasteiger partial charge in [0.1, 0.15) is 0 Å². The molecule has 1 fully saturated rings. The monoisotopic (exact) mass is 351 g/mol. The van der Waals surface area contributed by atoms with Crippen LogP contribution < -0.4 is 16.6 Å². The van der Waals surface area contributed by atoms with Crippen molar-refractivity contribution in [2.24, 2.45) is 14.1 Å². The third kappa shape index (κ3) is 3.58. The number of nitrogens with zero attached hydrogens (tertiary/aromatic N) is 4. The lowest BCUT2D eigenvalue weighted by molar-refractivity contribution is 0.149. The van der Waals surface area contributed by atoms with Gasteiger partial charge >= 0.3 is 5.69 Å². The van der Waals surface area contributed by atoms with Gasteiger partial charge in [0.15, 0.2) is 0 Å². The summed E-state index contributed by atoms with van der Waals surface area (Å²) >= 11 is 0. The molecule has 130 valence electrons. The molecule has 0 spiro atoms. The van der Waals surface area contributed by atoms with E-state index in [2.05, 4.69) is 21.3 Å². The van der Waals surface area contributed by atoms with Gasteiger partial charge in [-0.05, 0) is 11.6 Å². The van der Waals surface area contributed by atoms with Crippen molar-refractivity contribution in [3.05, 3.63) is 62.7 Å². The van der Waals surface area contributed by atoms with Crippen molar-refractivity contribution in [2.75, 3.05) is 19.6 Å². The molecular weight excluding hydrogens is 330 g/mol. The predicted octanol–water partition coefficient (Wildman–Crippen LogP) is 0.0473. The number of piperazine rings is 1. The SMILES string of the molecule is Cl.Cn1c(CN2CCNCC2c2cccnc2)cc(=O)n(C)c1=O. The maximum Gasteiger partial charge on any atom is 0.330 e. The Morgan fingerprint density at radius 1 is 1.29 bits per heavy atom. The molecule has 0 bridgehead atoms. The lowest BCUT2D eigenvalue weighted by Gasteiger charge is -2.36. The Bertz CT molecular complexity index is 802. The minimum atomic E-state index is -0.291. The van der Waals surface area contributed by atoms with Crippen molar-refractivity contribution in [3.8, 4) is 0 Å². The number of hydrogen-bond acceptors (Lipinski definition) is 5. The van der Waals surface area contributed by atoms with Crippen LogP contribution in [0.25, 0.3) is 0 Å². The minimum absolute atomic E-state index is 0. The molecule has 0 radical (unpaired) electrons. The lowest BCUT2D eigenvalue weighted by Crippen LogP contribution is -2.47. The van der Waals surface area contributed by atoms with Gasteiger partial charge in [0.05, 0.1) is 0 Å². The van der Waals surface area contributed by atoms with Crippen LogP contribution in [0.5, 0.6) is 0 Å². The molecule has 24 heavy (non-hydrogen) atoms. The molecule has 1 atom stereocenters. The maximum atomic E-state index is 12.1. The molecule has 0 saturated carbocycles. The van der Waals surface area contributed by atoms with Gasteiger partial charge < -0.3 is 5.32 Å². The third-order valence-electron chi connectivity index (χ3n) is 4.41. The van der Waals surface area contributed by atoms with E-state index in [1.54, 1.807) is 23.9 Å². The molecule has 1 aliphatic heterocycles. The largest absolute Gasteiger partial charge is 0.330 e. The van der Waals surface area contributed by atoms with E-state index in [0.29, 0.717) is 6.54 Å². The molecule has 1 N–H and O–H groups in total. The second kappa shape index (κ2) is 7.74. The summed E-state index contributed by atoms with van der Waals surface area (Å²) in [6, 6.07) is 5.71. The number of halogens is 1. The van der Waals surface area contributed by atoms with Gasteiger partial charge in [0.2, 0.25) is 0 Å². The average molecular weight is 352 g/mol. The maximum absolute atomic E-state index is 12.1. The van der Waals surface area contributed by atoms with Gasteiger partial charge in [-0.15, -0.1) is 12.4 Å². The fourth-order valence-electron chi connectivity index (χ4n) is 2.98. The van der Waals surface area contributed by atoms with E-state index in [-0.39, 0.29) is 29.7 Å². The first kappa shape index (κ1) is 18.4. The molecule has 2 aromatic heterocycles. The van der Waals surface area contributed by atoms with Crippen molar-refractivity contribution in [1.29, 1.82) is 0 Å². The zero-order valence-corrected chi connectivity index (χ0v) is 14.6. The second-order valence-electron chi connectivity index (χ2n) is 5.85. The highest BCUT2D eigenvalue weighted by atomic mass is 35.5. The molecule has 7 nitrogen and oxygen atoms in total. The van der Waals surface area contributed by atoms with Crippen molar-refractivity contribution in [3.63, 3.8) is 0 Å². The first-order chi connectivity index (χ1) is 11.1. The Kier molecular flexibility index (Phi) is 5.93. The summed E-state index contributed by atoms with van der Waals surface area (Å²) in [5, 5.41) is 3.39. The number of pyridine rings is 1. The molecule has 0 aromatic carbocycles. The smallest absolute Gasteiger partial charge is 0.314 e. The summed E-state index contributed by atoms with van der Waals surface area (Å²) in [4.78, 5) is 30.5. The Balaban J connectivity index is 0.00000208. The minimum Gasteiger partial charge on any atom is -0.314 e. The number of hydrogen-bond donors (Lipinski definition) is 1. The van der Waals surface area contributed by atoms with E-state index in [9.17, 15) is 9.59 Å². The van der Waals surface area contributed by atoms with Gasteiger partial charge in [0.25, 0.3) is 5.56 Å². The molecule has 3 rings (SSSR count). The highest BCUT2D eigenvalue weighted by molar-refractivity contribution is 5.85. The van der Waals surface area contributed by atoms with E-state index < -0.39 is 0 Å². The Hall–Kier alpha value is -1.96. The Morgan fingerprint density at radius 3 is 2.79 bits per heavy atom. The fourth-order valence-corrected chi connectivity index (χ4v) is 2.98. The van der Waals surface area contributed by atoms with E-state index in [4.69, 9.17) is 0 Å². The fraction of sp³-hybridized carbons (Fsp3) is 0.438. The van der Waals surface area contributed by atoms with Gasteiger partial charge in [-0.3, -0.25) is 23.8 Å². The summed E-state index contributed by atoms with van der Waals surface area (Å²) in [5.74, 6) is 0. The van der Waals surface area contributed by atoms with Gasteiger partial charge in [-0.1, -0.05) is 6.07 Å². The van der Waals surface area contributed by atoms with Crippen molar-refractivity contribution in [2.45, 2.75) is 12.6 Å². The van der Waals surface area contributed by atoms with E-state index >= 15 is 0 Å². The zero-order chi connectivity index (χ0) is 16.4. The molecule has 0 amide bonds. The van der Waals surface area contributed by atoms with Crippen LogP contribution in [0, 0.1) is 0 Å². The Morgan fingerprint density at radius 2 is 2.08 bits per heavy atom. The molecule has 1 unspecified atom stereocenters. The van der Waals surface area contributed by atoms with Crippen LogP contribution >= 0.6 is 12.4 Å². The standard InChI is InChI=1S/C16H21N5O2.ClH/c1-19-13(8-15(22)20(2)16(19)23)11-21-7-6-18-10-14(21)12-4-3-5-17-9-12;/h3-5,8-9,14,18H,6-7,10-11H2,1-2H3;1H. The summed E-state index contributed by atoms with van der Waals surface area (Å²) < 4.78 is 2.67. The molecule has 8 heteroatoms. The quantitative estimate of drug-likeness (QED) is 0.846. The van der Waals surface area contributed by atoms with Crippen LogP contribution in [0.1, 0.15) is 17.3 Å². The van der Waals surface area contributed by atoms with Crippen LogP contribution in [-0.4, -0.2) is 38.7 Å². The van der Waals surface area contributed by atoms with E-state index in [1.807, 2.05) is 12.3 Å². The van der Waals surface area contributed by atoms with Gasteiger partial charge in [-0.25, -0.2) is 4.79 Å². The summed E-state index contributed by atoms with van der Waals surface area (Å²) in [6.07, 6.45) is 3.63. The van der Waals surface area contributed by atoms with Crippen LogP contribution in [0.4, 0.5) is 0 Å². The highest BCUT2D eigenvalue weighted by Gasteiger charge is 2.24. The molecule has 2 aromatic rings. The summed E-state index contributed by atoms with van der Waals surface area (Å²) in [6.45, 7) is 3.12. The Labute approximate surface area is 146 Å². The van der Waals surface area contributed by atoms with Gasteiger partial charge in [0, 0.05) is 70.5 Å². The number of aromatic nitrogens is 3. The van der Waals surface area contributed by atoms with Crippen molar-refractivity contribution in [1.82, 2.24) is 24.3 Å². The van der Waals surface area contributed by atoms with Crippen LogP contribution in [0.3, 0.4) is 0 Å². The topological polar surface area (TPSA) is 72.2 Å². The molecule has 3 heterocycles. The lowest BCUT2D eigenvalue weighted by atomic mass is 10.1. The second-order valence-corrected chi connectivity index (χ2v) is 5.85. The van der Waals surface area contributed by atoms with Crippen molar-refractivity contribution >= 4 is 12.4 Å². The highest BCUT2D eigenvalue weighted by Crippen LogP contribution is 2.22. The normalized spacial score (nSPS) is 18.2. The van der Waals surface area contributed by atoms with Crippen molar-refractivity contribution < 1.29 is 0 Å². The van der Waals surface area contributed by atoms with Gasteiger partial charge in [-0.2, -0.15) is 0 Å². The van der Waals surface area contributed by atoms with E-state index in [1.165, 1.54) is 7.05 Å². The number of rotatable bonds is 3. The van der Waals surface area contributed by atoms with Crippen LogP contribution in [-0.2, 0) is 20.6 Å². The first-order valence-corrected chi connectivity index (χ1v) is 7.68. The average Bonchev–Trinajstić information content (AvgIpc) is 2.59. The predicted molar refractivity (Wildman–Crippen MR) is 94.4 cm³/mol. The molecule has 0 aliphatic carbocycles. The van der Waals surface area contributed by atoms with Crippen LogP contribution in [0.2, 0.25) is 0 Å². The molecular formula is C16H22ClN5O2. The molecule has 1 saturated heterocycles. The molecule has 1 aliphatic rings. The third-order valence-corrected chi connectivity index (χ3v) is 4.41. The first-order valence-electron chi connectivity index (χ1n) is 7.68. The number of nitrogens with one attached hydrogen (secondary N) is 1. The summed E-state index contributed by atoms with van der Waals surface area (Å²) in [5.41, 5.74) is 1.30. The van der Waals surface area contributed by atoms with Crippen LogP contribution in [0.15, 0.2) is 40.2 Å².